The van der Waals surface area contributed by atoms with Crippen LogP contribution in [0, 0.1) is 11.6 Å². The molecule has 3 aromatic heterocycles. The molecule has 0 aliphatic heterocycles. The molecule has 5 rings (SSSR count). The Labute approximate surface area is 233 Å². The molecule has 1 amide bonds. The Morgan fingerprint density at radius 3 is 2.49 bits per heavy atom. The summed E-state index contributed by atoms with van der Waals surface area (Å²) in [6, 6.07) is 16.7. The largest absolute Gasteiger partial charge is 0.452 e. The lowest BCUT2D eigenvalue weighted by Gasteiger charge is -2.23. The first-order valence-electron chi connectivity index (χ1n) is 12.4. The first kappa shape index (κ1) is 27.0. The van der Waals surface area contributed by atoms with Gasteiger partial charge in [-0.3, -0.25) is 25.0 Å². The Balaban J connectivity index is 1.34. The molecule has 3 heterocycles. The van der Waals surface area contributed by atoms with Crippen LogP contribution in [0.3, 0.4) is 0 Å². The average Bonchev–Trinajstić information content (AvgIpc) is 3.42. The van der Waals surface area contributed by atoms with Crippen LogP contribution in [0.5, 0.6) is 11.5 Å². The summed E-state index contributed by atoms with van der Waals surface area (Å²) < 4.78 is 35.9. The maximum Gasteiger partial charge on any atom is 0.260 e. The Morgan fingerprint density at radius 1 is 1.00 bits per heavy atom. The second kappa shape index (κ2) is 11.7. The first-order valence-corrected chi connectivity index (χ1v) is 12.4. The SMILES string of the molecule is C/C(=C(/C=O)C(=O)Nc1ccc(Oc2ccnn3ccc(-c4cccnc4)c23)c(F)c1)N(C)Nc1ccc(F)cc1. The molecular weight excluding hydrogens is 530 g/mol. The number of rotatable bonds is 9. The molecule has 0 unspecified atom stereocenters. The van der Waals surface area contributed by atoms with Crippen molar-refractivity contribution in [1.82, 2.24) is 19.6 Å². The normalized spacial score (nSPS) is 11.5. The number of ether oxygens (including phenoxy) is 1. The minimum Gasteiger partial charge on any atom is -0.452 e. The number of hydrogen-bond acceptors (Lipinski definition) is 7. The van der Waals surface area contributed by atoms with Crippen molar-refractivity contribution in [3.05, 3.63) is 114 Å². The monoisotopic (exact) mass is 554 g/mol. The fraction of sp³-hybridized carbons (Fsp3) is 0.0667. The summed E-state index contributed by atoms with van der Waals surface area (Å²) in [5, 5.41) is 8.28. The van der Waals surface area contributed by atoms with Crippen molar-refractivity contribution in [3.8, 4) is 22.6 Å². The van der Waals surface area contributed by atoms with Gasteiger partial charge in [-0.25, -0.2) is 13.3 Å². The molecule has 0 saturated heterocycles. The summed E-state index contributed by atoms with van der Waals surface area (Å²) in [5.41, 5.74) is 6.03. The maximum atomic E-state index is 15.1. The number of carbonyl (C=O) groups excluding carboxylic acids is 2. The number of carbonyl (C=O) groups is 2. The molecule has 5 aromatic rings. The number of benzene rings is 2. The number of halogens is 2. The van der Waals surface area contributed by atoms with Crippen LogP contribution in [0.2, 0.25) is 0 Å². The van der Waals surface area contributed by atoms with Crippen LogP contribution >= 0.6 is 0 Å². The van der Waals surface area contributed by atoms with Gasteiger partial charge in [0.05, 0.1) is 11.9 Å². The number of aldehydes is 1. The van der Waals surface area contributed by atoms with E-state index in [1.54, 1.807) is 49.3 Å². The fourth-order valence-electron chi connectivity index (χ4n) is 4.12. The molecule has 0 aliphatic carbocycles. The lowest BCUT2D eigenvalue weighted by Crippen LogP contribution is -2.28. The third-order valence-corrected chi connectivity index (χ3v) is 6.30. The Bertz CT molecular complexity index is 1750. The zero-order chi connectivity index (χ0) is 28.9. The Kier molecular flexibility index (Phi) is 7.68. The average molecular weight is 555 g/mol. The van der Waals surface area contributed by atoms with E-state index in [2.05, 4.69) is 20.8 Å². The number of hydrazine groups is 1. The van der Waals surface area contributed by atoms with Gasteiger partial charge in [-0.1, -0.05) is 6.07 Å². The molecule has 0 bridgehead atoms. The van der Waals surface area contributed by atoms with Gasteiger partial charge < -0.3 is 10.1 Å². The lowest BCUT2D eigenvalue weighted by atomic mass is 10.1. The van der Waals surface area contributed by atoms with E-state index in [1.165, 1.54) is 41.4 Å². The zero-order valence-electron chi connectivity index (χ0n) is 22.0. The topological polar surface area (TPSA) is 101 Å². The molecule has 41 heavy (non-hydrogen) atoms. The predicted octanol–water partition coefficient (Wildman–Crippen LogP) is 5.84. The summed E-state index contributed by atoms with van der Waals surface area (Å²) in [7, 11) is 1.60. The van der Waals surface area contributed by atoms with Gasteiger partial charge in [-0.2, -0.15) is 5.10 Å². The van der Waals surface area contributed by atoms with Crippen LogP contribution in [-0.2, 0) is 9.59 Å². The highest BCUT2D eigenvalue weighted by molar-refractivity contribution is 6.17. The van der Waals surface area contributed by atoms with Gasteiger partial charge in [0, 0.05) is 60.3 Å². The molecule has 2 N–H and O–H groups in total. The van der Waals surface area contributed by atoms with Crippen LogP contribution in [0.1, 0.15) is 6.92 Å². The number of aromatic nitrogens is 3. The number of fused-ring (bicyclic) bond motifs is 1. The molecule has 11 heteroatoms. The van der Waals surface area contributed by atoms with E-state index in [0.29, 0.717) is 28.9 Å². The molecule has 0 aliphatic rings. The highest BCUT2D eigenvalue weighted by Crippen LogP contribution is 2.35. The van der Waals surface area contributed by atoms with E-state index < -0.39 is 17.5 Å². The highest BCUT2D eigenvalue weighted by atomic mass is 19.1. The minimum atomic E-state index is -0.733. The third kappa shape index (κ3) is 5.88. The van der Waals surface area contributed by atoms with Crippen LogP contribution in [0.15, 0.2) is 103 Å². The molecular formula is C30H24F2N6O3. The third-order valence-electron chi connectivity index (χ3n) is 6.30. The summed E-state index contributed by atoms with van der Waals surface area (Å²) >= 11 is 0. The molecule has 9 nitrogen and oxygen atoms in total. The van der Waals surface area contributed by atoms with Crippen LogP contribution in [-0.4, -0.2) is 38.8 Å². The number of allylic oxidation sites excluding steroid dienone is 1. The van der Waals surface area contributed by atoms with Crippen molar-refractivity contribution in [2.75, 3.05) is 17.8 Å². The van der Waals surface area contributed by atoms with Crippen molar-refractivity contribution in [1.29, 1.82) is 0 Å². The molecule has 0 atom stereocenters. The van der Waals surface area contributed by atoms with E-state index in [4.69, 9.17) is 4.74 Å². The maximum absolute atomic E-state index is 15.1. The molecule has 0 radical (unpaired) electrons. The van der Waals surface area contributed by atoms with Crippen molar-refractivity contribution < 1.29 is 23.1 Å². The van der Waals surface area contributed by atoms with Crippen LogP contribution in [0.4, 0.5) is 20.2 Å². The number of pyridine rings is 1. The van der Waals surface area contributed by atoms with Crippen molar-refractivity contribution >= 4 is 29.1 Å². The smallest absolute Gasteiger partial charge is 0.260 e. The number of nitrogens with zero attached hydrogens (tertiary/aromatic N) is 4. The zero-order valence-corrected chi connectivity index (χ0v) is 22.0. The summed E-state index contributed by atoms with van der Waals surface area (Å²) in [6.07, 6.45) is 7.11. The molecule has 0 fully saturated rings. The summed E-state index contributed by atoms with van der Waals surface area (Å²) in [4.78, 5) is 28.8. The second-order valence-electron chi connectivity index (χ2n) is 8.96. The molecule has 0 saturated carbocycles. The standard InChI is InChI=1S/C30H24F2N6O3/c1-19(37(2)36-22-7-5-21(31)6-8-22)25(18-39)30(40)35-23-9-10-27(26(32)16-23)41-28-11-14-34-38-15-12-24(29(28)38)20-4-3-13-33-17-20/h3-18,36H,1-2H3,(H,35,40)/b25-19+. The highest BCUT2D eigenvalue weighted by Gasteiger charge is 2.18. The molecule has 2 aromatic carbocycles. The van der Waals surface area contributed by atoms with Gasteiger partial charge in [0.1, 0.15) is 16.9 Å². The quantitative estimate of drug-likeness (QED) is 0.0777. The fourth-order valence-corrected chi connectivity index (χ4v) is 4.12. The first-order chi connectivity index (χ1) is 19.8. The Hall–Kier alpha value is -5.58. The van der Waals surface area contributed by atoms with Crippen LogP contribution in [0.25, 0.3) is 16.6 Å². The second-order valence-corrected chi connectivity index (χ2v) is 8.96. The van der Waals surface area contributed by atoms with Gasteiger partial charge in [0.25, 0.3) is 5.91 Å². The van der Waals surface area contributed by atoms with Crippen LogP contribution < -0.4 is 15.5 Å². The molecule has 206 valence electrons. The summed E-state index contributed by atoms with van der Waals surface area (Å²) in [6.45, 7) is 1.56. The van der Waals surface area contributed by atoms with Gasteiger partial charge >= 0.3 is 0 Å². The van der Waals surface area contributed by atoms with Gasteiger partial charge in [-0.15, -0.1) is 0 Å². The van der Waals surface area contributed by atoms with Crippen molar-refractivity contribution in [3.63, 3.8) is 0 Å². The van der Waals surface area contributed by atoms with E-state index in [9.17, 15) is 14.0 Å². The van der Waals surface area contributed by atoms with Crippen molar-refractivity contribution in [2.45, 2.75) is 6.92 Å². The summed E-state index contributed by atoms with van der Waals surface area (Å²) in [5.74, 6) is -1.55. The lowest BCUT2D eigenvalue weighted by molar-refractivity contribution is -0.115. The van der Waals surface area contributed by atoms with Gasteiger partial charge in [0.2, 0.25) is 0 Å². The number of anilines is 2. The van der Waals surface area contributed by atoms with Crippen molar-refractivity contribution in [2.24, 2.45) is 0 Å². The number of nitrogens with one attached hydrogen (secondary N) is 2. The van der Waals surface area contributed by atoms with E-state index in [1.807, 2.05) is 18.2 Å². The van der Waals surface area contributed by atoms with E-state index >= 15 is 4.39 Å². The van der Waals surface area contributed by atoms with E-state index in [0.717, 1.165) is 17.2 Å². The molecule has 0 spiro atoms. The predicted molar refractivity (Wildman–Crippen MR) is 150 cm³/mol. The number of amides is 1. The van der Waals surface area contributed by atoms with E-state index in [-0.39, 0.29) is 17.0 Å². The Morgan fingerprint density at radius 2 is 1.78 bits per heavy atom. The minimum absolute atomic E-state index is 0.0694. The number of hydrogen-bond donors (Lipinski definition) is 2. The van der Waals surface area contributed by atoms with Gasteiger partial charge in [0.15, 0.2) is 23.6 Å². The van der Waals surface area contributed by atoms with Gasteiger partial charge in [-0.05, 0) is 55.5 Å².